The van der Waals surface area contributed by atoms with Crippen LogP contribution in [0.4, 0.5) is 0 Å². The summed E-state index contributed by atoms with van der Waals surface area (Å²) in [6.07, 6.45) is 0.913. The summed E-state index contributed by atoms with van der Waals surface area (Å²) < 4.78 is 34.8. The SMILES string of the molecule is CCc1cc(C)cc(P(OC)c2c(C)n(S(=O)(=O)c3ccccc3)c3ccc(Cl)cc23)c1. The average Bonchev–Trinajstić information content (AvgIpc) is 3.06. The van der Waals surface area contributed by atoms with Crippen molar-refractivity contribution in [3.05, 3.63) is 88.6 Å². The molecule has 0 bridgehead atoms. The highest BCUT2D eigenvalue weighted by molar-refractivity contribution is 7.90. The van der Waals surface area contributed by atoms with Gasteiger partial charge >= 0.3 is 0 Å². The van der Waals surface area contributed by atoms with E-state index in [2.05, 4.69) is 32.0 Å². The fourth-order valence-electron chi connectivity index (χ4n) is 4.10. The van der Waals surface area contributed by atoms with E-state index >= 15 is 0 Å². The Morgan fingerprint density at radius 3 is 2.38 bits per heavy atom. The zero-order chi connectivity index (χ0) is 23.0. The number of aromatic nitrogens is 1. The summed E-state index contributed by atoms with van der Waals surface area (Å²) >= 11 is 6.36. The van der Waals surface area contributed by atoms with Crippen LogP contribution in [-0.4, -0.2) is 19.5 Å². The molecule has 0 radical (unpaired) electrons. The number of aryl methyl sites for hydroxylation is 2. The third-order valence-electron chi connectivity index (χ3n) is 5.51. The van der Waals surface area contributed by atoms with Gasteiger partial charge in [-0.1, -0.05) is 48.4 Å². The van der Waals surface area contributed by atoms with E-state index in [4.69, 9.17) is 16.1 Å². The van der Waals surface area contributed by atoms with Gasteiger partial charge in [-0.25, -0.2) is 12.4 Å². The third-order valence-corrected chi connectivity index (χ3v) is 9.63. The molecule has 4 nitrogen and oxygen atoms in total. The second-order valence-corrected chi connectivity index (χ2v) is 11.8. The van der Waals surface area contributed by atoms with Gasteiger partial charge in [-0.05, 0) is 68.3 Å². The van der Waals surface area contributed by atoms with E-state index in [0.29, 0.717) is 16.2 Å². The molecule has 0 fully saturated rings. The molecule has 0 aliphatic heterocycles. The minimum absolute atomic E-state index is 0.243. The molecule has 4 rings (SSSR count). The van der Waals surface area contributed by atoms with Crippen molar-refractivity contribution in [1.82, 2.24) is 3.97 Å². The van der Waals surface area contributed by atoms with Crippen LogP contribution in [0.5, 0.6) is 0 Å². The van der Waals surface area contributed by atoms with E-state index in [0.717, 1.165) is 28.0 Å². The molecule has 7 heteroatoms. The minimum Gasteiger partial charge on any atom is -0.353 e. The van der Waals surface area contributed by atoms with Gasteiger partial charge in [0.1, 0.15) is 0 Å². The molecule has 0 N–H and O–H groups in total. The van der Waals surface area contributed by atoms with Crippen molar-refractivity contribution >= 4 is 51.3 Å². The third kappa shape index (κ3) is 3.99. The molecule has 0 saturated heterocycles. The molecule has 0 amide bonds. The van der Waals surface area contributed by atoms with Gasteiger partial charge < -0.3 is 4.52 Å². The Hall–Kier alpha value is -2.17. The molecular weight excluding hydrogens is 461 g/mol. The summed E-state index contributed by atoms with van der Waals surface area (Å²) in [6, 6.07) is 20.3. The molecule has 4 aromatic rings. The Kier molecular flexibility index (Phi) is 6.46. The second-order valence-electron chi connectivity index (χ2n) is 7.69. The fraction of sp³-hybridized carbons (Fsp3) is 0.200. The summed E-state index contributed by atoms with van der Waals surface area (Å²) in [4.78, 5) is 0.243. The fourth-order valence-corrected chi connectivity index (χ4v) is 7.97. The highest BCUT2D eigenvalue weighted by Crippen LogP contribution is 2.41. The standard InChI is InChI=1S/C25H25ClNO3PS/c1-5-19-13-17(2)14-21(15-19)31(30-4)25-18(3)27(24-12-11-20(26)16-23(24)25)32(28,29)22-9-7-6-8-10-22/h6-16H,5H2,1-4H3. The monoisotopic (exact) mass is 485 g/mol. The first-order valence-electron chi connectivity index (χ1n) is 10.3. The normalized spacial score (nSPS) is 12.9. The highest BCUT2D eigenvalue weighted by Gasteiger charge is 2.30. The molecule has 1 aromatic heterocycles. The van der Waals surface area contributed by atoms with E-state index in [1.807, 2.05) is 13.0 Å². The summed E-state index contributed by atoms with van der Waals surface area (Å²) in [5, 5.41) is 3.27. The second kappa shape index (κ2) is 8.99. The number of rotatable bonds is 6. The van der Waals surface area contributed by atoms with Crippen molar-refractivity contribution in [2.45, 2.75) is 32.1 Å². The average molecular weight is 486 g/mol. The summed E-state index contributed by atoms with van der Waals surface area (Å²) in [5.74, 6) is 0. The van der Waals surface area contributed by atoms with Crippen LogP contribution in [0.1, 0.15) is 23.7 Å². The van der Waals surface area contributed by atoms with Crippen molar-refractivity contribution < 1.29 is 12.9 Å². The first-order valence-corrected chi connectivity index (χ1v) is 13.4. The van der Waals surface area contributed by atoms with Gasteiger partial charge in [-0.15, -0.1) is 0 Å². The predicted octanol–water partition coefficient (Wildman–Crippen LogP) is 5.71. The minimum atomic E-state index is -3.80. The first kappa shape index (κ1) is 23.0. The van der Waals surface area contributed by atoms with E-state index in [9.17, 15) is 8.42 Å². The Morgan fingerprint density at radius 1 is 1.00 bits per heavy atom. The highest BCUT2D eigenvalue weighted by atomic mass is 35.5. The van der Waals surface area contributed by atoms with Crippen molar-refractivity contribution in [3.8, 4) is 0 Å². The van der Waals surface area contributed by atoms with Gasteiger partial charge in [0.2, 0.25) is 0 Å². The van der Waals surface area contributed by atoms with Crippen molar-refractivity contribution in [2.75, 3.05) is 7.11 Å². The molecule has 0 aliphatic rings. The molecular formula is C25H25ClNO3PS. The number of hydrogen-bond acceptors (Lipinski definition) is 3. The van der Waals surface area contributed by atoms with Gasteiger partial charge in [0.05, 0.1) is 18.6 Å². The molecule has 0 spiro atoms. The van der Waals surface area contributed by atoms with Gasteiger partial charge in [-0.3, -0.25) is 0 Å². The Morgan fingerprint density at radius 2 is 1.72 bits per heavy atom. The van der Waals surface area contributed by atoms with Crippen LogP contribution in [0, 0.1) is 13.8 Å². The van der Waals surface area contributed by atoms with E-state index in [1.54, 1.807) is 49.6 Å². The topological polar surface area (TPSA) is 48.3 Å². The van der Waals surface area contributed by atoms with Crippen LogP contribution in [0.15, 0.2) is 71.6 Å². The largest absolute Gasteiger partial charge is 0.353 e. The van der Waals surface area contributed by atoms with Gasteiger partial charge in [0.15, 0.2) is 0 Å². The molecule has 1 unspecified atom stereocenters. The molecule has 1 atom stereocenters. The van der Waals surface area contributed by atoms with Gasteiger partial charge in [-0.2, -0.15) is 0 Å². The number of nitrogens with zero attached hydrogens (tertiary/aromatic N) is 1. The number of benzene rings is 3. The maximum Gasteiger partial charge on any atom is 0.268 e. The first-order chi connectivity index (χ1) is 15.3. The molecule has 3 aromatic carbocycles. The van der Waals surface area contributed by atoms with E-state index in [-0.39, 0.29) is 4.90 Å². The zero-order valence-electron chi connectivity index (χ0n) is 18.5. The molecule has 0 saturated carbocycles. The Bertz CT molecular complexity index is 1400. The lowest BCUT2D eigenvalue weighted by Gasteiger charge is -2.18. The van der Waals surface area contributed by atoms with Crippen LogP contribution in [-0.2, 0) is 21.0 Å². The maximum atomic E-state index is 13.7. The Balaban J connectivity index is 2.04. The predicted molar refractivity (Wildman–Crippen MR) is 134 cm³/mol. The zero-order valence-corrected chi connectivity index (χ0v) is 20.9. The molecule has 0 aliphatic carbocycles. The van der Waals surface area contributed by atoms with Gasteiger partial charge in [0.25, 0.3) is 10.0 Å². The molecule has 166 valence electrons. The lowest BCUT2D eigenvalue weighted by molar-refractivity contribution is 0.474. The Labute approximate surface area is 195 Å². The van der Waals surface area contributed by atoms with Crippen molar-refractivity contribution in [1.29, 1.82) is 0 Å². The van der Waals surface area contributed by atoms with Crippen molar-refractivity contribution in [3.63, 3.8) is 0 Å². The lowest BCUT2D eigenvalue weighted by atomic mass is 10.1. The smallest absolute Gasteiger partial charge is 0.268 e. The maximum absolute atomic E-state index is 13.7. The molecule has 1 heterocycles. The summed E-state index contributed by atoms with van der Waals surface area (Å²) in [7, 11) is -3.38. The number of halogens is 1. The summed E-state index contributed by atoms with van der Waals surface area (Å²) in [6.45, 7) is 6.03. The van der Waals surface area contributed by atoms with Gasteiger partial charge in [0, 0.05) is 33.8 Å². The van der Waals surface area contributed by atoms with Crippen LogP contribution in [0.3, 0.4) is 0 Å². The quantitative estimate of drug-likeness (QED) is 0.329. The summed E-state index contributed by atoms with van der Waals surface area (Å²) in [5.41, 5.74) is 3.61. The van der Waals surface area contributed by atoms with Crippen LogP contribution < -0.4 is 10.6 Å². The van der Waals surface area contributed by atoms with E-state index in [1.165, 1.54) is 9.54 Å². The van der Waals surface area contributed by atoms with Crippen LogP contribution in [0.25, 0.3) is 10.9 Å². The van der Waals surface area contributed by atoms with Crippen LogP contribution in [0.2, 0.25) is 5.02 Å². The van der Waals surface area contributed by atoms with Crippen molar-refractivity contribution in [2.24, 2.45) is 0 Å². The molecule has 32 heavy (non-hydrogen) atoms. The van der Waals surface area contributed by atoms with E-state index < -0.39 is 18.2 Å². The number of hydrogen-bond donors (Lipinski definition) is 0. The number of fused-ring (bicyclic) bond motifs is 1. The lowest BCUT2D eigenvalue weighted by Crippen LogP contribution is -2.19. The van der Waals surface area contributed by atoms with Crippen LogP contribution >= 0.6 is 19.7 Å².